The van der Waals surface area contributed by atoms with E-state index in [2.05, 4.69) is 0 Å². The Hall–Kier alpha value is -1.55. The van der Waals surface area contributed by atoms with Crippen LogP contribution in [0.2, 0.25) is 0 Å². The predicted octanol–water partition coefficient (Wildman–Crippen LogP) is 2.56. The van der Waals surface area contributed by atoms with E-state index in [4.69, 9.17) is 10.5 Å². The zero-order chi connectivity index (χ0) is 15.3. The van der Waals surface area contributed by atoms with Gasteiger partial charge in [0, 0.05) is 19.6 Å². The van der Waals surface area contributed by atoms with Crippen molar-refractivity contribution in [3.63, 3.8) is 0 Å². The molecule has 0 radical (unpaired) electrons. The molecule has 1 fully saturated rings. The number of amides is 1. The summed E-state index contributed by atoms with van der Waals surface area (Å²) in [6.45, 7) is 3.85. The third-order valence-corrected chi connectivity index (χ3v) is 4.61. The van der Waals surface area contributed by atoms with E-state index in [9.17, 15) is 4.79 Å². The number of hydrogen-bond donors (Lipinski definition) is 1. The summed E-state index contributed by atoms with van der Waals surface area (Å²) in [5.74, 6) is 1.06. The summed E-state index contributed by atoms with van der Waals surface area (Å²) in [6.07, 6.45) is 4.09. The molecule has 2 N–H and O–H groups in total. The van der Waals surface area contributed by atoms with Crippen molar-refractivity contribution < 1.29 is 9.53 Å². The second kappa shape index (κ2) is 6.94. The first-order valence-electron chi connectivity index (χ1n) is 7.77. The first-order valence-corrected chi connectivity index (χ1v) is 7.77. The van der Waals surface area contributed by atoms with Crippen molar-refractivity contribution in [3.05, 3.63) is 29.8 Å². The third kappa shape index (κ3) is 3.38. The lowest BCUT2D eigenvalue weighted by atomic mass is 9.84. The van der Waals surface area contributed by atoms with E-state index in [-0.39, 0.29) is 11.3 Å². The molecule has 0 atom stereocenters. The highest BCUT2D eigenvalue weighted by Gasteiger charge is 2.41. The van der Waals surface area contributed by atoms with Gasteiger partial charge in [0.05, 0.1) is 12.5 Å². The number of benzene rings is 1. The molecule has 116 valence electrons. The Kier molecular flexibility index (Phi) is 5.23. The maximum atomic E-state index is 12.9. The van der Waals surface area contributed by atoms with Crippen LogP contribution in [0.5, 0.6) is 5.75 Å². The Morgan fingerprint density at radius 2 is 1.90 bits per heavy atom. The molecule has 1 aliphatic rings. The van der Waals surface area contributed by atoms with Crippen LogP contribution in [0.25, 0.3) is 0 Å². The van der Waals surface area contributed by atoms with Crippen LogP contribution in [0, 0.1) is 5.41 Å². The minimum absolute atomic E-state index is 0.223. The monoisotopic (exact) mass is 290 g/mol. The SMILES string of the molecule is CCN(Cc1ccc(OC)cc1)C(=O)C1(CN)CCCC1. The van der Waals surface area contributed by atoms with Gasteiger partial charge >= 0.3 is 0 Å². The van der Waals surface area contributed by atoms with E-state index in [0.717, 1.165) is 37.0 Å². The molecule has 0 spiro atoms. The van der Waals surface area contributed by atoms with E-state index < -0.39 is 0 Å². The highest BCUT2D eigenvalue weighted by atomic mass is 16.5. The maximum Gasteiger partial charge on any atom is 0.230 e. The Morgan fingerprint density at radius 1 is 1.29 bits per heavy atom. The molecule has 4 nitrogen and oxygen atoms in total. The van der Waals surface area contributed by atoms with Crippen molar-refractivity contribution in [2.24, 2.45) is 11.1 Å². The highest BCUT2D eigenvalue weighted by Crippen LogP contribution is 2.39. The first kappa shape index (κ1) is 15.8. The van der Waals surface area contributed by atoms with E-state index >= 15 is 0 Å². The molecule has 0 bridgehead atoms. The van der Waals surface area contributed by atoms with Crippen molar-refractivity contribution in [1.82, 2.24) is 4.90 Å². The van der Waals surface area contributed by atoms with Crippen LogP contribution in [-0.4, -0.2) is 31.0 Å². The van der Waals surface area contributed by atoms with Crippen LogP contribution in [-0.2, 0) is 11.3 Å². The van der Waals surface area contributed by atoms with Gasteiger partial charge in [0.2, 0.25) is 5.91 Å². The average molecular weight is 290 g/mol. The summed E-state index contributed by atoms with van der Waals surface area (Å²) < 4.78 is 5.17. The summed E-state index contributed by atoms with van der Waals surface area (Å²) in [6, 6.07) is 7.89. The molecule has 0 aliphatic heterocycles. The summed E-state index contributed by atoms with van der Waals surface area (Å²) >= 11 is 0. The standard InChI is InChI=1S/C17H26N2O2/c1-3-19(12-14-6-8-15(21-2)9-7-14)16(20)17(13-18)10-4-5-11-17/h6-9H,3-5,10-13,18H2,1-2H3. The van der Waals surface area contributed by atoms with Gasteiger partial charge in [-0.15, -0.1) is 0 Å². The van der Waals surface area contributed by atoms with Crippen LogP contribution in [0.4, 0.5) is 0 Å². The van der Waals surface area contributed by atoms with E-state index in [1.54, 1.807) is 7.11 Å². The van der Waals surface area contributed by atoms with Gasteiger partial charge in [-0.1, -0.05) is 25.0 Å². The number of ether oxygens (including phenoxy) is 1. The quantitative estimate of drug-likeness (QED) is 0.876. The number of rotatable bonds is 6. The summed E-state index contributed by atoms with van der Waals surface area (Å²) in [4.78, 5) is 14.8. The fourth-order valence-electron chi connectivity index (χ4n) is 3.17. The molecular weight excluding hydrogens is 264 g/mol. The fraction of sp³-hybridized carbons (Fsp3) is 0.588. The number of carbonyl (C=O) groups is 1. The number of methoxy groups -OCH3 is 1. The Morgan fingerprint density at radius 3 is 2.38 bits per heavy atom. The van der Waals surface area contributed by atoms with E-state index in [0.29, 0.717) is 19.6 Å². The largest absolute Gasteiger partial charge is 0.497 e. The number of nitrogens with two attached hydrogens (primary N) is 1. The van der Waals surface area contributed by atoms with Crippen LogP contribution in [0.3, 0.4) is 0 Å². The highest BCUT2D eigenvalue weighted by molar-refractivity contribution is 5.83. The van der Waals surface area contributed by atoms with Gasteiger partial charge < -0.3 is 15.4 Å². The van der Waals surface area contributed by atoms with Crippen LogP contribution in [0.15, 0.2) is 24.3 Å². The molecule has 21 heavy (non-hydrogen) atoms. The minimum Gasteiger partial charge on any atom is -0.497 e. The normalized spacial score (nSPS) is 16.7. The molecule has 1 amide bonds. The molecule has 1 aliphatic carbocycles. The van der Waals surface area contributed by atoms with Crippen molar-refractivity contribution in [1.29, 1.82) is 0 Å². The summed E-state index contributed by atoms with van der Waals surface area (Å²) in [7, 11) is 1.65. The second-order valence-corrected chi connectivity index (χ2v) is 5.86. The minimum atomic E-state index is -0.317. The molecule has 2 rings (SSSR count). The van der Waals surface area contributed by atoms with Crippen molar-refractivity contribution in [3.8, 4) is 5.75 Å². The number of carbonyl (C=O) groups excluding carboxylic acids is 1. The van der Waals surface area contributed by atoms with Crippen LogP contribution < -0.4 is 10.5 Å². The van der Waals surface area contributed by atoms with Gasteiger partial charge in [0.15, 0.2) is 0 Å². The molecule has 1 aromatic carbocycles. The predicted molar refractivity (Wildman–Crippen MR) is 84.0 cm³/mol. The summed E-state index contributed by atoms with van der Waals surface area (Å²) in [5, 5.41) is 0. The van der Waals surface area contributed by atoms with Gasteiger partial charge in [-0.05, 0) is 37.5 Å². The smallest absolute Gasteiger partial charge is 0.230 e. The molecular formula is C17H26N2O2. The average Bonchev–Trinajstić information content (AvgIpc) is 3.02. The zero-order valence-corrected chi connectivity index (χ0v) is 13.1. The molecule has 4 heteroatoms. The lowest BCUT2D eigenvalue weighted by molar-refractivity contribution is -0.141. The number of nitrogens with zero attached hydrogens (tertiary/aromatic N) is 1. The van der Waals surface area contributed by atoms with E-state index in [1.807, 2.05) is 36.1 Å². The summed E-state index contributed by atoms with van der Waals surface area (Å²) in [5.41, 5.74) is 6.73. The molecule has 0 heterocycles. The van der Waals surface area contributed by atoms with Crippen LogP contribution >= 0.6 is 0 Å². The number of hydrogen-bond acceptors (Lipinski definition) is 3. The first-order chi connectivity index (χ1) is 10.1. The molecule has 0 aromatic heterocycles. The molecule has 1 saturated carbocycles. The fourth-order valence-corrected chi connectivity index (χ4v) is 3.17. The maximum absolute atomic E-state index is 12.9. The van der Waals surface area contributed by atoms with Crippen molar-refractivity contribution in [2.45, 2.75) is 39.2 Å². The Labute approximate surface area is 127 Å². The van der Waals surface area contributed by atoms with Crippen molar-refractivity contribution >= 4 is 5.91 Å². The van der Waals surface area contributed by atoms with Crippen molar-refractivity contribution in [2.75, 3.05) is 20.2 Å². The van der Waals surface area contributed by atoms with Crippen LogP contribution in [0.1, 0.15) is 38.2 Å². The molecule has 1 aromatic rings. The van der Waals surface area contributed by atoms with Gasteiger partial charge in [-0.2, -0.15) is 0 Å². The van der Waals surface area contributed by atoms with E-state index in [1.165, 1.54) is 0 Å². The van der Waals surface area contributed by atoms with Gasteiger partial charge in [0.25, 0.3) is 0 Å². The topological polar surface area (TPSA) is 55.6 Å². The lowest BCUT2D eigenvalue weighted by Gasteiger charge is -2.33. The van der Waals surface area contributed by atoms with Gasteiger partial charge in [-0.25, -0.2) is 0 Å². The second-order valence-electron chi connectivity index (χ2n) is 5.86. The molecule has 0 saturated heterocycles. The zero-order valence-electron chi connectivity index (χ0n) is 13.1. The Bertz CT molecular complexity index is 464. The lowest BCUT2D eigenvalue weighted by Crippen LogP contribution is -2.46. The molecule has 0 unspecified atom stereocenters. The van der Waals surface area contributed by atoms with Gasteiger partial charge in [-0.3, -0.25) is 4.79 Å². The van der Waals surface area contributed by atoms with Gasteiger partial charge in [0.1, 0.15) is 5.75 Å². The third-order valence-electron chi connectivity index (χ3n) is 4.61. The Balaban J connectivity index is 2.09.